The Morgan fingerprint density at radius 2 is 1.84 bits per heavy atom. The number of thiophene rings is 1. The van der Waals surface area contributed by atoms with Crippen LogP contribution in [0.1, 0.15) is 60.8 Å². The van der Waals surface area contributed by atoms with Gasteiger partial charge in [0.15, 0.2) is 0 Å². The number of nitrogens with zero attached hydrogens (tertiary/aromatic N) is 2. The third kappa shape index (κ3) is 3.89. The molecule has 0 radical (unpaired) electrons. The van der Waals surface area contributed by atoms with Crippen molar-refractivity contribution in [1.29, 1.82) is 0 Å². The van der Waals surface area contributed by atoms with Crippen LogP contribution in [0.5, 0.6) is 0 Å². The average Bonchev–Trinajstić information content (AvgIpc) is 3.13. The summed E-state index contributed by atoms with van der Waals surface area (Å²) < 4.78 is 0. The number of amides is 1. The fraction of sp³-hybridized carbons (Fsp3) is 0.455. The van der Waals surface area contributed by atoms with Crippen molar-refractivity contribution in [3.05, 3.63) is 46.3 Å². The van der Waals surface area contributed by atoms with Crippen molar-refractivity contribution in [2.45, 2.75) is 45.6 Å². The highest BCUT2D eigenvalue weighted by molar-refractivity contribution is 8.13. The van der Waals surface area contributed by atoms with Crippen LogP contribution in [-0.4, -0.2) is 30.5 Å². The monoisotopic (exact) mass is 463 g/mol. The molecule has 168 valence electrons. The molecule has 2 aromatic rings. The summed E-state index contributed by atoms with van der Waals surface area (Å²) in [5.74, 6) is -0.564. The summed E-state index contributed by atoms with van der Waals surface area (Å²) in [7, 11) is 0. The number of hydroxylamine groups is 2. The van der Waals surface area contributed by atoms with Gasteiger partial charge in [-0.25, -0.2) is 4.99 Å². The summed E-state index contributed by atoms with van der Waals surface area (Å²) in [5.41, 5.74) is 13.7. The van der Waals surface area contributed by atoms with Crippen molar-refractivity contribution in [1.82, 2.24) is 4.81 Å². The number of unbranched alkanes of at least 4 members (excludes halogenated alkanes) is 1. The Hall–Kier alpha value is -1.91. The number of aliphatic imine (C=N–C) groups is 1. The maximum absolute atomic E-state index is 12.3. The van der Waals surface area contributed by atoms with Crippen molar-refractivity contribution < 1.29 is 14.5 Å². The number of primary amides is 1. The minimum atomic E-state index is -0.755. The van der Waals surface area contributed by atoms with Gasteiger partial charge in [0.2, 0.25) is 0 Å². The van der Waals surface area contributed by atoms with E-state index in [2.05, 4.69) is 19.1 Å². The van der Waals surface area contributed by atoms with Gasteiger partial charge in [-0.15, -0.1) is 0 Å². The van der Waals surface area contributed by atoms with Crippen LogP contribution in [0.2, 0.25) is 0 Å². The van der Waals surface area contributed by atoms with Gasteiger partial charge in [0, 0.05) is 0 Å². The summed E-state index contributed by atoms with van der Waals surface area (Å²) in [6, 6.07) is 10.1. The van der Waals surface area contributed by atoms with E-state index in [1.165, 1.54) is 23.1 Å². The molecule has 0 spiro atoms. The van der Waals surface area contributed by atoms with E-state index in [0.29, 0.717) is 33.9 Å². The third-order valence-corrected chi connectivity index (χ3v) is 7.28. The summed E-state index contributed by atoms with van der Waals surface area (Å²) in [4.78, 5) is 29.9. The molecule has 7 nitrogen and oxygen atoms in total. The number of rotatable bonds is 9. The lowest BCUT2D eigenvalue weighted by molar-refractivity contribution is -0.296. The van der Waals surface area contributed by atoms with Crippen LogP contribution in [-0.2, 0) is 15.2 Å². The number of carbonyl (C=O) groups is 1. The number of nitrogen functional groups attached to an aromatic ring is 1. The van der Waals surface area contributed by atoms with Crippen LogP contribution in [0.15, 0.2) is 35.3 Å². The highest BCUT2D eigenvalue weighted by atomic mass is 32.2. The van der Waals surface area contributed by atoms with Gasteiger partial charge in [-0.2, -0.15) is 9.68 Å². The van der Waals surface area contributed by atoms with Crippen molar-refractivity contribution in [3.63, 3.8) is 0 Å². The number of quaternary nitrogens is 1. The predicted molar refractivity (Wildman–Crippen MR) is 130 cm³/mol. The largest absolute Gasteiger partial charge is 0.397 e. The molecule has 1 aliphatic heterocycles. The molecule has 1 aromatic carbocycles. The summed E-state index contributed by atoms with van der Waals surface area (Å²) in [6.07, 6.45) is 4.62. The number of thioether (sulfide) groups is 1. The van der Waals surface area contributed by atoms with Crippen LogP contribution in [0.3, 0.4) is 0 Å². The van der Waals surface area contributed by atoms with Crippen LogP contribution in [0.4, 0.5) is 10.7 Å². The van der Waals surface area contributed by atoms with Crippen LogP contribution < -0.4 is 16.3 Å². The Labute approximate surface area is 191 Å². The Morgan fingerprint density at radius 1 is 1.19 bits per heavy atom. The number of fused-ring (bicyclic) bond motifs is 1. The highest BCUT2D eigenvalue weighted by Crippen LogP contribution is 2.56. The summed E-state index contributed by atoms with van der Waals surface area (Å²) in [5, 5.41) is 1.36. The van der Waals surface area contributed by atoms with E-state index in [1.807, 2.05) is 38.3 Å². The number of anilines is 1. The fourth-order valence-electron chi connectivity index (χ4n) is 4.07. The van der Waals surface area contributed by atoms with Crippen molar-refractivity contribution in [3.8, 4) is 0 Å². The van der Waals surface area contributed by atoms with Crippen molar-refractivity contribution in [2.24, 2.45) is 10.7 Å². The lowest BCUT2D eigenvalue weighted by Gasteiger charge is -2.40. The predicted octanol–water partition coefficient (Wildman–Crippen LogP) is 4.81. The molecule has 1 atom stereocenters. The first kappa shape index (κ1) is 23.7. The standard InChI is InChI=1S/C22H30N4O3S2/c1-5-8-14-22(15-12-10-9-11-13-15)16-17(23)18(19(24)27)31-20(16)26(28-6-2,29-7-3)21(25-22)30-4/h9-13H,5-8,14H2,1-4H3,(H3-,23,24,27)/p+1. The Bertz CT molecular complexity index is 955. The summed E-state index contributed by atoms with van der Waals surface area (Å²) in [6.45, 7) is 6.72. The molecule has 0 aliphatic carbocycles. The van der Waals surface area contributed by atoms with E-state index in [0.717, 1.165) is 30.4 Å². The molecule has 0 saturated carbocycles. The zero-order chi connectivity index (χ0) is 22.6. The van der Waals surface area contributed by atoms with Crippen LogP contribution in [0.25, 0.3) is 0 Å². The van der Waals surface area contributed by atoms with E-state index in [-0.39, 0.29) is 4.81 Å². The first-order chi connectivity index (χ1) is 14.9. The fourth-order valence-corrected chi connectivity index (χ4v) is 6.01. The number of hydrogen-bond donors (Lipinski definition) is 2. The molecule has 9 heteroatoms. The molecule has 0 saturated heterocycles. The molecular formula is C22H31N4O3S2+. The van der Waals surface area contributed by atoms with E-state index in [9.17, 15) is 4.79 Å². The first-order valence-corrected chi connectivity index (χ1v) is 12.6. The molecule has 4 N–H and O–H groups in total. The molecule has 0 fully saturated rings. The van der Waals surface area contributed by atoms with E-state index >= 15 is 0 Å². The quantitative estimate of drug-likeness (QED) is 0.520. The molecule has 1 unspecified atom stereocenters. The normalized spacial score (nSPS) is 19.7. The maximum atomic E-state index is 12.3. The van der Waals surface area contributed by atoms with Gasteiger partial charge >= 0.3 is 5.17 Å². The van der Waals surface area contributed by atoms with Gasteiger partial charge < -0.3 is 11.5 Å². The Balaban J connectivity index is 2.45. The second-order valence-electron chi connectivity index (χ2n) is 7.20. The van der Waals surface area contributed by atoms with Gasteiger partial charge in [0.05, 0.1) is 16.1 Å². The minimum Gasteiger partial charge on any atom is -0.397 e. The van der Waals surface area contributed by atoms with Gasteiger partial charge in [0.1, 0.15) is 23.6 Å². The minimum absolute atomic E-state index is 0.307. The summed E-state index contributed by atoms with van der Waals surface area (Å²) >= 11 is 2.71. The van der Waals surface area contributed by atoms with Gasteiger partial charge in [-0.3, -0.25) is 4.79 Å². The topological polar surface area (TPSA) is 99.9 Å². The second kappa shape index (κ2) is 9.70. The Kier molecular flexibility index (Phi) is 7.43. The second-order valence-corrected chi connectivity index (χ2v) is 8.98. The Morgan fingerprint density at radius 3 is 2.35 bits per heavy atom. The molecule has 31 heavy (non-hydrogen) atoms. The number of hydrogen-bond acceptors (Lipinski definition) is 7. The van der Waals surface area contributed by atoms with Crippen molar-refractivity contribution >= 4 is 44.9 Å². The van der Waals surface area contributed by atoms with Gasteiger partial charge in [-0.05, 0) is 43.8 Å². The number of amidine groups is 1. The lowest BCUT2D eigenvalue weighted by Crippen LogP contribution is -2.56. The van der Waals surface area contributed by atoms with Gasteiger partial charge in [0.25, 0.3) is 10.9 Å². The highest BCUT2D eigenvalue weighted by Gasteiger charge is 2.58. The molecule has 1 aromatic heterocycles. The zero-order valence-corrected chi connectivity index (χ0v) is 20.1. The SMILES string of the molecule is CCCCC1(c2ccccc2)N=C(SC)[N+](OCC)(OCC)c2sc(C(N)=O)c(N)c21. The van der Waals surface area contributed by atoms with E-state index in [4.69, 9.17) is 26.1 Å². The molecular weight excluding hydrogens is 432 g/mol. The zero-order valence-electron chi connectivity index (χ0n) is 18.5. The third-order valence-electron chi connectivity index (χ3n) is 5.32. The van der Waals surface area contributed by atoms with E-state index in [1.54, 1.807) is 0 Å². The van der Waals surface area contributed by atoms with Crippen molar-refractivity contribution in [2.75, 3.05) is 25.2 Å². The number of carbonyl (C=O) groups excluding carboxylic acids is 1. The first-order valence-electron chi connectivity index (χ1n) is 10.5. The van der Waals surface area contributed by atoms with Crippen LogP contribution >= 0.6 is 23.1 Å². The van der Waals surface area contributed by atoms with Crippen LogP contribution in [0, 0.1) is 0 Å². The number of benzene rings is 1. The molecule has 1 amide bonds. The van der Waals surface area contributed by atoms with Gasteiger partial charge in [-0.1, -0.05) is 61.4 Å². The smallest absolute Gasteiger partial charge is 0.333 e. The molecule has 0 bridgehead atoms. The average molecular weight is 464 g/mol. The molecule has 1 aliphatic rings. The number of nitrogens with two attached hydrogens (primary N) is 2. The molecule has 3 rings (SSSR count). The maximum Gasteiger partial charge on any atom is 0.333 e. The van der Waals surface area contributed by atoms with E-state index < -0.39 is 11.4 Å². The lowest BCUT2D eigenvalue weighted by atomic mass is 9.78. The molecule has 2 heterocycles.